The Hall–Kier alpha value is -2.43. The Morgan fingerprint density at radius 3 is 2.79 bits per heavy atom. The van der Waals surface area contributed by atoms with Crippen molar-refractivity contribution in [2.75, 3.05) is 20.3 Å². The normalized spacial score (nSPS) is 12.6. The van der Waals surface area contributed by atoms with Crippen molar-refractivity contribution in [3.8, 4) is 6.07 Å². The maximum absolute atomic E-state index is 12.4. The summed E-state index contributed by atoms with van der Waals surface area (Å²) in [7, 11) is 1.68. The van der Waals surface area contributed by atoms with Gasteiger partial charge in [-0.05, 0) is 64.7 Å². The summed E-state index contributed by atoms with van der Waals surface area (Å²) in [6.07, 6.45) is 4.40. The number of hydrogen-bond donors (Lipinski definition) is 1. The Labute approximate surface area is 177 Å². The Bertz CT molecular complexity index is 905. The number of aromatic nitrogens is 2. The van der Waals surface area contributed by atoms with Gasteiger partial charge >= 0.3 is 0 Å². The largest absolute Gasteiger partial charge is 0.383 e. The van der Waals surface area contributed by atoms with Crippen molar-refractivity contribution in [3.05, 3.63) is 44.7 Å². The van der Waals surface area contributed by atoms with Crippen LogP contribution < -0.4 is 5.32 Å². The zero-order valence-corrected chi connectivity index (χ0v) is 18.7. The number of nitriles is 1. The molecule has 7 heteroatoms. The molecule has 156 valence electrons. The van der Waals surface area contributed by atoms with E-state index in [1.54, 1.807) is 24.5 Å². The monoisotopic (exact) mass is 414 g/mol. The number of carbonyl (C=O) groups is 1. The summed E-state index contributed by atoms with van der Waals surface area (Å²) in [4.78, 5) is 16.9. The highest BCUT2D eigenvalue weighted by Gasteiger charge is 2.15. The minimum absolute atomic E-state index is 0.125. The molecule has 1 amide bonds. The number of aryl methyl sites for hydroxylation is 3. The topological polar surface area (TPSA) is 79.9 Å². The number of ether oxygens (including phenoxy) is 1. The van der Waals surface area contributed by atoms with E-state index in [-0.39, 0.29) is 17.5 Å². The molecular weight excluding hydrogens is 384 g/mol. The summed E-state index contributed by atoms with van der Waals surface area (Å²) >= 11 is 1.67. The lowest BCUT2D eigenvalue weighted by Crippen LogP contribution is -2.25. The number of rotatable bonds is 10. The average Bonchev–Trinajstić information content (AvgIpc) is 3.21. The second-order valence-electron chi connectivity index (χ2n) is 7.27. The third-order valence-corrected chi connectivity index (χ3v) is 5.83. The molecule has 0 fully saturated rings. The van der Waals surface area contributed by atoms with Crippen LogP contribution in [0, 0.1) is 32.1 Å². The van der Waals surface area contributed by atoms with Gasteiger partial charge in [-0.1, -0.05) is 0 Å². The van der Waals surface area contributed by atoms with Crippen molar-refractivity contribution in [3.63, 3.8) is 0 Å². The lowest BCUT2D eigenvalue weighted by Gasteiger charge is -2.17. The van der Waals surface area contributed by atoms with Crippen molar-refractivity contribution in [2.24, 2.45) is 0 Å². The molecular formula is C22H30N4O2S. The van der Waals surface area contributed by atoms with Crippen LogP contribution in [0.1, 0.15) is 53.5 Å². The number of unbranched alkanes of at least 4 members (excludes halogenated alkanes) is 1. The van der Waals surface area contributed by atoms with Gasteiger partial charge in [-0.25, -0.2) is 4.98 Å². The summed E-state index contributed by atoms with van der Waals surface area (Å²) in [6, 6.07) is 4.22. The molecule has 0 aliphatic rings. The fourth-order valence-electron chi connectivity index (χ4n) is 3.46. The first-order valence-electron chi connectivity index (χ1n) is 9.85. The molecule has 6 nitrogen and oxygen atoms in total. The molecule has 0 bridgehead atoms. The van der Waals surface area contributed by atoms with E-state index in [0.717, 1.165) is 46.9 Å². The third kappa shape index (κ3) is 6.28. The van der Waals surface area contributed by atoms with Gasteiger partial charge in [-0.2, -0.15) is 5.26 Å². The zero-order chi connectivity index (χ0) is 21.4. The highest BCUT2D eigenvalue weighted by Crippen LogP contribution is 2.22. The van der Waals surface area contributed by atoms with Crippen LogP contribution in [0.15, 0.2) is 17.0 Å². The number of carbonyl (C=O) groups excluding carboxylic acids is 1. The zero-order valence-electron chi connectivity index (χ0n) is 17.9. The fourth-order valence-corrected chi connectivity index (χ4v) is 4.28. The summed E-state index contributed by atoms with van der Waals surface area (Å²) in [5.41, 5.74) is 4.16. The number of nitrogens with one attached hydrogen (secondary N) is 1. The van der Waals surface area contributed by atoms with E-state index in [0.29, 0.717) is 13.2 Å². The van der Waals surface area contributed by atoms with Gasteiger partial charge in [0.2, 0.25) is 0 Å². The number of hydrogen-bond acceptors (Lipinski definition) is 5. The minimum Gasteiger partial charge on any atom is -0.383 e. The molecule has 1 unspecified atom stereocenters. The van der Waals surface area contributed by atoms with E-state index in [1.165, 1.54) is 0 Å². The summed E-state index contributed by atoms with van der Waals surface area (Å²) in [5.74, 6) is -0.327. The van der Waals surface area contributed by atoms with Crippen LogP contribution in [0.25, 0.3) is 6.08 Å². The van der Waals surface area contributed by atoms with Crippen LogP contribution in [0.3, 0.4) is 0 Å². The number of amides is 1. The van der Waals surface area contributed by atoms with Gasteiger partial charge < -0.3 is 14.6 Å². The Morgan fingerprint density at radius 1 is 1.41 bits per heavy atom. The Morgan fingerprint density at radius 2 is 2.17 bits per heavy atom. The molecule has 2 aromatic rings. The smallest absolute Gasteiger partial charge is 0.261 e. The van der Waals surface area contributed by atoms with Crippen LogP contribution in [0.2, 0.25) is 0 Å². The number of nitrogens with zero attached hydrogens (tertiary/aromatic N) is 3. The van der Waals surface area contributed by atoms with Crippen LogP contribution in [-0.4, -0.2) is 35.7 Å². The molecule has 2 aromatic heterocycles. The van der Waals surface area contributed by atoms with Crippen molar-refractivity contribution in [2.45, 2.75) is 53.0 Å². The van der Waals surface area contributed by atoms with E-state index in [2.05, 4.69) is 21.8 Å². The van der Waals surface area contributed by atoms with Crippen LogP contribution in [-0.2, 0) is 16.0 Å². The van der Waals surface area contributed by atoms with E-state index >= 15 is 0 Å². The van der Waals surface area contributed by atoms with Crippen LogP contribution in [0.5, 0.6) is 0 Å². The van der Waals surface area contributed by atoms with Crippen LogP contribution >= 0.6 is 11.3 Å². The lowest BCUT2D eigenvalue weighted by molar-refractivity contribution is -0.117. The van der Waals surface area contributed by atoms with Gasteiger partial charge in [0.25, 0.3) is 5.91 Å². The molecule has 0 saturated carbocycles. The SMILES string of the molecule is COCC(C)n1c(C)cc(/C=C(/C#N)C(=O)NCCCCc2nc(C)cs2)c1C. The first-order chi connectivity index (χ1) is 13.9. The van der Waals surface area contributed by atoms with Gasteiger partial charge in [0, 0.05) is 36.1 Å². The third-order valence-electron chi connectivity index (χ3n) is 4.81. The molecule has 0 saturated heterocycles. The molecule has 29 heavy (non-hydrogen) atoms. The summed E-state index contributed by atoms with van der Waals surface area (Å²) in [5, 5.41) is 15.5. The van der Waals surface area contributed by atoms with Crippen LogP contribution in [0.4, 0.5) is 0 Å². The van der Waals surface area contributed by atoms with E-state index in [9.17, 15) is 10.1 Å². The molecule has 0 radical (unpaired) electrons. The van der Waals surface area contributed by atoms with Gasteiger partial charge in [-0.15, -0.1) is 11.3 Å². The standard InChI is InChI=1S/C22H30N4O2S/c1-15-14-29-21(25-15)8-6-7-9-24-22(27)20(12-23)11-19-10-16(2)26(18(19)4)17(3)13-28-5/h10-11,14,17H,6-9,13H2,1-5H3,(H,24,27)/b20-11-. The van der Waals surface area contributed by atoms with E-state index < -0.39 is 0 Å². The molecule has 2 rings (SSSR count). The first kappa shape index (κ1) is 22.9. The summed E-state index contributed by atoms with van der Waals surface area (Å²) in [6.45, 7) is 9.25. The van der Waals surface area contributed by atoms with Gasteiger partial charge in [0.15, 0.2) is 0 Å². The predicted octanol–water partition coefficient (Wildman–Crippen LogP) is 4.12. The highest BCUT2D eigenvalue weighted by molar-refractivity contribution is 7.09. The van der Waals surface area contributed by atoms with E-state index in [1.807, 2.05) is 38.3 Å². The summed E-state index contributed by atoms with van der Waals surface area (Å²) < 4.78 is 7.42. The minimum atomic E-state index is -0.327. The van der Waals surface area contributed by atoms with Crippen molar-refractivity contribution >= 4 is 23.3 Å². The number of thiazole rings is 1. The second kappa shape index (κ2) is 10.9. The molecule has 0 aliphatic carbocycles. The average molecular weight is 415 g/mol. The molecule has 2 heterocycles. The van der Waals surface area contributed by atoms with Gasteiger partial charge in [-0.3, -0.25) is 4.79 Å². The molecule has 0 aromatic carbocycles. The Kier molecular flexibility index (Phi) is 8.62. The maximum Gasteiger partial charge on any atom is 0.261 e. The second-order valence-corrected chi connectivity index (χ2v) is 8.21. The first-order valence-corrected chi connectivity index (χ1v) is 10.7. The molecule has 0 spiro atoms. The fraction of sp³-hybridized carbons (Fsp3) is 0.500. The van der Waals surface area contributed by atoms with Gasteiger partial charge in [0.1, 0.15) is 11.6 Å². The maximum atomic E-state index is 12.4. The van der Waals surface area contributed by atoms with Gasteiger partial charge in [0.05, 0.1) is 17.7 Å². The molecule has 0 aliphatic heterocycles. The Balaban J connectivity index is 1.94. The van der Waals surface area contributed by atoms with Crippen molar-refractivity contribution in [1.29, 1.82) is 5.26 Å². The quantitative estimate of drug-likeness (QED) is 0.360. The van der Waals surface area contributed by atoms with E-state index in [4.69, 9.17) is 4.74 Å². The predicted molar refractivity (Wildman–Crippen MR) is 117 cm³/mol. The molecule has 1 N–H and O–H groups in total. The number of methoxy groups -OCH3 is 1. The lowest BCUT2D eigenvalue weighted by atomic mass is 10.1. The van der Waals surface area contributed by atoms with Crippen molar-refractivity contribution < 1.29 is 9.53 Å². The molecule has 1 atom stereocenters. The highest BCUT2D eigenvalue weighted by atomic mass is 32.1. The van der Waals surface area contributed by atoms with Crippen molar-refractivity contribution in [1.82, 2.24) is 14.9 Å².